The second kappa shape index (κ2) is 6.68. The van der Waals surface area contributed by atoms with E-state index in [4.69, 9.17) is 0 Å². The average Bonchev–Trinajstić information content (AvgIpc) is 2.27. The molecule has 0 unspecified atom stereocenters. The van der Waals surface area contributed by atoms with Gasteiger partial charge in [-0.15, -0.1) is 0 Å². The SMILES string of the molecule is CCCNc1ncc(Br)c(N(C)CC(F)F)n1. The summed E-state index contributed by atoms with van der Waals surface area (Å²) in [4.78, 5) is 9.64. The molecule has 4 nitrogen and oxygen atoms in total. The Labute approximate surface area is 108 Å². The monoisotopic (exact) mass is 308 g/mol. The van der Waals surface area contributed by atoms with Gasteiger partial charge in [-0.3, -0.25) is 0 Å². The Morgan fingerprint density at radius 2 is 2.24 bits per heavy atom. The minimum absolute atomic E-state index is 0.358. The Kier molecular flexibility index (Phi) is 5.54. The third-order valence-corrected chi connectivity index (χ3v) is 2.59. The van der Waals surface area contributed by atoms with Crippen LogP contribution in [-0.2, 0) is 0 Å². The fourth-order valence-corrected chi connectivity index (χ4v) is 1.74. The van der Waals surface area contributed by atoms with Crippen LogP contribution in [0.4, 0.5) is 20.5 Å². The molecule has 0 radical (unpaired) electrons. The number of halogens is 3. The van der Waals surface area contributed by atoms with Crippen molar-refractivity contribution in [2.75, 3.05) is 30.4 Å². The van der Waals surface area contributed by atoms with Gasteiger partial charge in [0.05, 0.1) is 11.0 Å². The highest BCUT2D eigenvalue weighted by Gasteiger charge is 2.13. The first kappa shape index (κ1) is 14.1. The van der Waals surface area contributed by atoms with E-state index in [1.807, 2.05) is 6.92 Å². The van der Waals surface area contributed by atoms with Crippen molar-refractivity contribution in [3.05, 3.63) is 10.7 Å². The van der Waals surface area contributed by atoms with Gasteiger partial charge in [-0.05, 0) is 22.4 Å². The predicted octanol–water partition coefficient (Wildman–Crippen LogP) is 2.76. The van der Waals surface area contributed by atoms with Gasteiger partial charge in [-0.25, -0.2) is 13.8 Å². The summed E-state index contributed by atoms with van der Waals surface area (Å²) >= 11 is 3.25. The first-order valence-electron chi connectivity index (χ1n) is 5.30. The summed E-state index contributed by atoms with van der Waals surface area (Å²) in [5, 5.41) is 3.01. The molecule has 1 N–H and O–H groups in total. The minimum Gasteiger partial charge on any atom is -0.354 e. The number of hydrogen-bond acceptors (Lipinski definition) is 4. The van der Waals surface area contributed by atoms with Crippen molar-refractivity contribution in [2.45, 2.75) is 19.8 Å². The predicted molar refractivity (Wildman–Crippen MR) is 67.8 cm³/mol. The molecule has 0 amide bonds. The van der Waals surface area contributed by atoms with Crippen molar-refractivity contribution in [3.63, 3.8) is 0 Å². The molecule has 0 aliphatic carbocycles. The molecule has 0 spiro atoms. The van der Waals surface area contributed by atoms with Crippen LogP contribution in [0.3, 0.4) is 0 Å². The van der Waals surface area contributed by atoms with Gasteiger partial charge >= 0.3 is 0 Å². The van der Waals surface area contributed by atoms with E-state index in [0.717, 1.165) is 13.0 Å². The van der Waals surface area contributed by atoms with Crippen LogP contribution in [0.15, 0.2) is 10.7 Å². The molecule has 0 aliphatic heterocycles. The maximum atomic E-state index is 12.3. The van der Waals surface area contributed by atoms with E-state index < -0.39 is 6.43 Å². The Morgan fingerprint density at radius 3 is 2.82 bits per heavy atom. The lowest BCUT2D eigenvalue weighted by atomic mass is 10.4. The summed E-state index contributed by atoms with van der Waals surface area (Å²) in [6.07, 6.45) is 0.109. The summed E-state index contributed by atoms with van der Waals surface area (Å²) in [7, 11) is 1.57. The molecule has 1 aromatic rings. The smallest absolute Gasteiger partial charge is 0.255 e. The third-order valence-electron chi connectivity index (χ3n) is 2.03. The lowest BCUT2D eigenvalue weighted by Crippen LogP contribution is -2.25. The van der Waals surface area contributed by atoms with Crippen LogP contribution < -0.4 is 10.2 Å². The molecule has 1 rings (SSSR count). The molecule has 17 heavy (non-hydrogen) atoms. The van der Waals surface area contributed by atoms with Gasteiger partial charge in [0, 0.05) is 19.8 Å². The zero-order valence-electron chi connectivity index (χ0n) is 9.75. The summed E-state index contributed by atoms with van der Waals surface area (Å²) in [5.74, 6) is 0.907. The molecule has 1 aromatic heterocycles. The molecule has 0 bridgehead atoms. The zero-order valence-corrected chi connectivity index (χ0v) is 11.3. The summed E-state index contributed by atoms with van der Waals surface area (Å²) in [5.41, 5.74) is 0. The largest absolute Gasteiger partial charge is 0.354 e. The van der Waals surface area contributed by atoms with Crippen LogP contribution in [0.1, 0.15) is 13.3 Å². The normalized spacial score (nSPS) is 10.7. The highest BCUT2D eigenvalue weighted by Crippen LogP contribution is 2.23. The first-order chi connectivity index (χ1) is 8.04. The lowest BCUT2D eigenvalue weighted by molar-refractivity contribution is 0.156. The molecule has 0 atom stereocenters. The number of rotatable bonds is 6. The second-order valence-electron chi connectivity index (χ2n) is 3.56. The van der Waals surface area contributed by atoms with Gasteiger partial charge < -0.3 is 10.2 Å². The van der Waals surface area contributed by atoms with Crippen LogP contribution in [0, 0.1) is 0 Å². The molecule has 0 aromatic carbocycles. The molecular weight excluding hydrogens is 294 g/mol. The topological polar surface area (TPSA) is 41.1 Å². The van der Waals surface area contributed by atoms with Crippen molar-refractivity contribution < 1.29 is 8.78 Å². The summed E-state index contributed by atoms with van der Waals surface area (Å²) in [6, 6.07) is 0. The molecule has 96 valence electrons. The quantitative estimate of drug-likeness (QED) is 0.877. The average molecular weight is 309 g/mol. The van der Waals surface area contributed by atoms with Crippen molar-refractivity contribution >= 4 is 27.7 Å². The second-order valence-corrected chi connectivity index (χ2v) is 4.42. The molecule has 7 heteroatoms. The van der Waals surface area contributed by atoms with E-state index in [1.165, 1.54) is 4.90 Å². The van der Waals surface area contributed by atoms with Gasteiger partial charge in [0.2, 0.25) is 5.95 Å². The maximum absolute atomic E-state index is 12.3. The Hall–Kier alpha value is -0.980. The zero-order chi connectivity index (χ0) is 12.8. The number of aromatic nitrogens is 2. The maximum Gasteiger partial charge on any atom is 0.255 e. The summed E-state index contributed by atoms with van der Waals surface area (Å²) < 4.78 is 25.2. The number of nitrogens with one attached hydrogen (secondary N) is 1. The Bertz CT molecular complexity index is 362. The molecule has 0 saturated heterocycles. The van der Waals surface area contributed by atoms with Crippen LogP contribution in [0.2, 0.25) is 0 Å². The van der Waals surface area contributed by atoms with E-state index in [2.05, 4.69) is 31.2 Å². The highest BCUT2D eigenvalue weighted by atomic mass is 79.9. The van der Waals surface area contributed by atoms with Crippen LogP contribution in [0.25, 0.3) is 0 Å². The Morgan fingerprint density at radius 1 is 1.53 bits per heavy atom. The Balaban J connectivity index is 2.81. The summed E-state index contributed by atoms with van der Waals surface area (Å²) in [6.45, 7) is 2.41. The van der Waals surface area contributed by atoms with Crippen LogP contribution in [0.5, 0.6) is 0 Å². The van der Waals surface area contributed by atoms with Crippen molar-refractivity contribution in [1.82, 2.24) is 9.97 Å². The lowest BCUT2D eigenvalue weighted by Gasteiger charge is -2.19. The van der Waals surface area contributed by atoms with Crippen molar-refractivity contribution in [2.24, 2.45) is 0 Å². The van der Waals surface area contributed by atoms with Gasteiger partial charge in [0.25, 0.3) is 6.43 Å². The molecule has 0 saturated carbocycles. The van der Waals surface area contributed by atoms with E-state index in [1.54, 1.807) is 13.2 Å². The molecular formula is C10H15BrF2N4. The van der Waals surface area contributed by atoms with Crippen LogP contribution in [-0.4, -0.2) is 36.5 Å². The van der Waals surface area contributed by atoms with Crippen LogP contribution >= 0.6 is 15.9 Å². The standard InChI is InChI=1S/C10H15BrF2N4/c1-3-4-14-10-15-5-7(11)9(16-10)17(2)6-8(12)13/h5,8H,3-4,6H2,1-2H3,(H,14,15,16). The van der Waals surface area contributed by atoms with Crippen molar-refractivity contribution in [1.29, 1.82) is 0 Å². The van der Waals surface area contributed by atoms with Gasteiger partial charge in [-0.1, -0.05) is 6.92 Å². The number of anilines is 2. The number of hydrogen-bond donors (Lipinski definition) is 1. The number of nitrogens with zero attached hydrogens (tertiary/aromatic N) is 3. The fraction of sp³-hybridized carbons (Fsp3) is 0.600. The fourth-order valence-electron chi connectivity index (χ4n) is 1.24. The van der Waals surface area contributed by atoms with Gasteiger partial charge in [-0.2, -0.15) is 4.98 Å². The van der Waals surface area contributed by atoms with Gasteiger partial charge in [0.15, 0.2) is 0 Å². The minimum atomic E-state index is -2.39. The van der Waals surface area contributed by atoms with E-state index in [9.17, 15) is 8.78 Å². The highest BCUT2D eigenvalue weighted by molar-refractivity contribution is 9.10. The molecule has 1 heterocycles. The molecule has 0 aliphatic rings. The van der Waals surface area contributed by atoms with E-state index >= 15 is 0 Å². The van der Waals surface area contributed by atoms with Crippen molar-refractivity contribution in [3.8, 4) is 0 Å². The number of alkyl halides is 2. The van der Waals surface area contributed by atoms with E-state index in [0.29, 0.717) is 16.2 Å². The molecule has 0 fully saturated rings. The van der Waals surface area contributed by atoms with E-state index in [-0.39, 0.29) is 6.54 Å². The first-order valence-corrected chi connectivity index (χ1v) is 6.09. The van der Waals surface area contributed by atoms with Gasteiger partial charge in [0.1, 0.15) is 5.82 Å². The third kappa shape index (κ3) is 4.41.